The van der Waals surface area contributed by atoms with Gasteiger partial charge in [0.05, 0.1) is 11.5 Å². The summed E-state index contributed by atoms with van der Waals surface area (Å²) in [6, 6.07) is 20.0. The van der Waals surface area contributed by atoms with Crippen LogP contribution in [0.5, 0.6) is 0 Å². The van der Waals surface area contributed by atoms with Crippen LogP contribution in [-0.2, 0) is 22.0 Å². The monoisotopic (exact) mass is 555 g/mol. The molecule has 5 nitrogen and oxygen atoms in total. The van der Waals surface area contributed by atoms with Gasteiger partial charge in [0.15, 0.2) is 15.8 Å². The molecule has 1 saturated heterocycles. The summed E-state index contributed by atoms with van der Waals surface area (Å²) in [5, 5.41) is 3.37. The van der Waals surface area contributed by atoms with E-state index < -0.39 is 9.84 Å². The minimum atomic E-state index is -3.11. The Kier molecular flexibility index (Phi) is 10.8. The molecular weight excluding hydrogens is 521 g/mol. The van der Waals surface area contributed by atoms with E-state index in [1.54, 1.807) is 0 Å². The summed E-state index contributed by atoms with van der Waals surface area (Å²) in [6.07, 6.45) is 2.80. The van der Waals surface area contributed by atoms with Crippen LogP contribution in [0.1, 0.15) is 30.9 Å². The first-order valence-corrected chi connectivity index (χ1v) is 12.7. The Morgan fingerprint density at radius 2 is 1.71 bits per heavy atom. The third kappa shape index (κ3) is 8.80. The van der Waals surface area contributed by atoms with Crippen LogP contribution >= 0.6 is 24.0 Å². The maximum atomic E-state index is 12.4. The van der Waals surface area contributed by atoms with Crippen LogP contribution in [0.4, 0.5) is 0 Å². The van der Waals surface area contributed by atoms with Gasteiger partial charge in [0.1, 0.15) is 0 Å². The third-order valence-electron chi connectivity index (χ3n) is 5.39. The number of benzene rings is 2. The van der Waals surface area contributed by atoms with E-state index in [1.807, 2.05) is 30.3 Å². The Labute approximate surface area is 204 Å². The maximum Gasteiger partial charge on any atom is 0.193 e. The van der Waals surface area contributed by atoms with Gasteiger partial charge in [-0.1, -0.05) is 60.7 Å². The molecule has 0 radical (unpaired) electrons. The van der Waals surface area contributed by atoms with Gasteiger partial charge in [0, 0.05) is 26.2 Å². The second kappa shape index (κ2) is 13.1. The molecule has 0 bridgehead atoms. The van der Waals surface area contributed by atoms with Gasteiger partial charge in [-0.2, -0.15) is 0 Å². The second-order valence-corrected chi connectivity index (χ2v) is 10.1. The summed E-state index contributed by atoms with van der Waals surface area (Å²) in [5.74, 6) is 1.81. The van der Waals surface area contributed by atoms with E-state index in [1.165, 1.54) is 5.56 Å². The van der Waals surface area contributed by atoms with E-state index in [-0.39, 0.29) is 35.5 Å². The first kappa shape index (κ1) is 25.6. The molecule has 2 aromatic carbocycles. The molecule has 0 saturated carbocycles. The number of hydrogen-bond donors (Lipinski definition) is 1. The van der Waals surface area contributed by atoms with Crippen LogP contribution in [0.25, 0.3) is 0 Å². The number of sulfone groups is 1. The Bertz CT molecular complexity index is 905. The van der Waals surface area contributed by atoms with Gasteiger partial charge in [0.25, 0.3) is 0 Å². The van der Waals surface area contributed by atoms with Crippen molar-refractivity contribution in [2.75, 3.05) is 31.9 Å². The number of nitrogens with zero attached hydrogens (tertiary/aromatic N) is 2. The lowest BCUT2D eigenvalue weighted by Crippen LogP contribution is -2.40. The summed E-state index contributed by atoms with van der Waals surface area (Å²) in [6.45, 7) is 5.39. The molecular formula is C24H34IN3O2S. The van der Waals surface area contributed by atoms with Crippen molar-refractivity contribution in [1.82, 2.24) is 10.2 Å². The molecule has 0 amide bonds. The van der Waals surface area contributed by atoms with Crippen LogP contribution in [-0.4, -0.2) is 51.2 Å². The highest BCUT2D eigenvalue weighted by Gasteiger charge is 2.25. The predicted octanol–water partition coefficient (Wildman–Crippen LogP) is 4.14. The van der Waals surface area contributed by atoms with Crippen molar-refractivity contribution in [3.63, 3.8) is 0 Å². The molecule has 1 aliphatic rings. The third-order valence-corrected chi connectivity index (χ3v) is 7.08. The molecule has 1 unspecified atom stereocenters. The number of halogens is 1. The van der Waals surface area contributed by atoms with Crippen molar-refractivity contribution < 1.29 is 8.42 Å². The van der Waals surface area contributed by atoms with Gasteiger partial charge in [-0.3, -0.25) is 4.99 Å². The number of guanidine groups is 1. The zero-order chi connectivity index (χ0) is 21.2. The predicted molar refractivity (Wildman–Crippen MR) is 140 cm³/mol. The zero-order valence-electron chi connectivity index (χ0n) is 18.2. The first-order valence-electron chi connectivity index (χ1n) is 10.9. The largest absolute Gasteiger partial charge is 0.357 e. The molecule has 1 atom stereocenters. The Morgan fingerprint density at radius 3 is 2.35 bits per heavy atom. The van der Waals surface area contributed by atoms with Gasteiger partial charge in [-0.25, -0.2) is 8.42 Å². The Hall–Kier alpha value is -1.61. The smallest absolute Gasteiger partial charge is 0.193 e. The van der Waals surface area contributed by atoms with Crippen molar-refractivity contribution >= 4 is 39.8 Å². The Morgan fingerprint density at radius 1 is 1.06 bits per heavy atom. The molecule has 1 heterocycles. The van der Waals surface area contributed by atoms with Crippen molar-refractivity contribution in [1.29, 1.82) is 0 Å². The summed E-state index contributed by atoms with van der Waals surface area (Å²) < 4.78 is 24.7. The van der Waals surface area contributed by atoms with E-state index in [0.29, 0.717) is 18.9 Å². The molecule has 3 rings (SSSR count). The molecule has 1 fully saturated rings. The topological polar surface area (TPSA) is 61.8 Å². The van der Waals surface area contributed by atoms with Crippen LogP contribution in [0.15, 0.2) is 65.7 Å². The molecule has 2 aromatic rings. The highest BCUT2D eigenvalue weighted by Crippen LogP contribution is 2.21. The first-order chi connectivity index (χ1) is 14.6. The molecule has 1 N–H and O–H groups in total. The molecule has 0 spiro atoms. The maximum absolute atomic E-state index is 12.4. The summed E-state index contributed by atoms with van der Waals surface area (Å²) >= 11 is 0. The fourth-order valence-corrected chi connectivity index (χ4v) is 5.35. The number of nitrogens with one attached hydrogen (secondary N) is 1. The van der Waals surface area contributed by atoms with Crippen molar-refractivity contribution in [2.24, 2.45) is 10.9 Å². The van der Waals surface area contributed by atoms with Gasteiger partial charge < -0.3 is 10.2 Å². The van der Waals surface area contributed by atoms with E-state index in [2.05, 4.69) is 47.5 Å². The normalized spacial score (nSPS) is 16.7. The van der Waals surface area contributed by atoms with Crippen molar-refractivity contribution in [2.45, 2.75) is 31.9 Å². The van der Waals surface area contributed by atoms with Gasteiger partial charge in [-0.15, -0.1) is 24.0 Å². The molecule has 7 heteroatoms. The lowest BCUT2D eigenvalue weighted by atomic mass is 9.99. The zero-order valence-corrected chi connectivity index (χ0v) is 21.4. The molecule has 1 aliphatic heterocycles. The molecule has 31 heavy (non-hydrogen) atoms. The standard InChI is InChI=1S/C24H33N3O2S.HI/c1-2-25-24(27-16-14-23(19-27)18-21-10-5-3-6-11-21)26-15-9-17-30(28,29)20-22-12-7-4-8-13-22;/h3-8,10-13,23H,2,9,14-20H2,1H3,(H,25,26);1H. The van der Waals surface area contributed by atoms with Crippen molar-refractivity contribution in [3.8, 4) is 0 Å². The summed E-state index contributed by atoms with van der Waals surface area (Å²) in [7, 11) is -3.11. The van der Waals surface area contributed by atoms with E-state index >= 15 is 0 Å². The van der Waals surface area contributed by atoms with Crippen molar-refractivity contribution in [3.05, 3.63) is 71.8 Å². The number of aliphatic imine (C=N–C) groups is 1. The highest BCUT2D eigenvalue weighted by molar-refractivity contribution is 14.0. The average molecular weight is 556 g/mol. The van der Waals surface area contributed by atoms with Crippen LogP contribution in [0, 0.1) is 5.92 Å². The van der Waals surface area contributed by atoms with E-state index in [9.17, 15) is 8.42 Å². The van der Waals surface area contributed by atoms with Crippen LogP contribution < -0.4 is 5.32 Å². The fraction of sp³-hybridized carbons (Fsp3) is 0.458. The fourth-order valence-electron chi connectivity index (χ4n) is 3.93. The number of likely N-dealkylation sites (tertiary alicyclic amines) is 1. The molecule has 0 aromatic heterocycles. The number of hydrogen-bond acceptors (Lipinski definition) is 3. The summed E-state index contributed by atoms with van der Waals surface area (Å²) in [4.78, 5) is 7.03. The minimum Gasteiger partial charge on any atom is -0.357 e. The SMILES string of the molecule is CCNC(=NCCCS(=O)(=O)Cc1ccccc1)N1CCC(Cc2ccccc2)C1.I. The van der Waals surface area contributed by atoms with Gasteiger partial charge >= 0.3 is 0 Å². The molecule has 170 valence electrons. The summed E-state index contributed by atoms with van der Waals surface area (Å²) in [5.41, 5.74) is 2.23. The average Bonchev–Trinajstić information content (AvgIpc) is 3.20. The number of rotatable bonds is 9. The lowest BCUT2D eigenvalue weighted by molar-refractivity contribution is 0.460. The van der Waals surface area contributed by atoms with Gasteiger partial charge in [0.2, 0.25) is 0 Å². The highest BCUT2D eigenvalue weighted by atomic mass is 127. The second-order valence-electron chi connectivity index (χ2n) is 7.96. The van der Waals surface area contributed by atoms with Crippen LogP contribution in [0.3, 0.4) is 0 Å². The quantitative estimate of drug-likeness (QED) is 0.219. The molecule has 0 aliphatic carbocycles. The van der Waals surface area contributed by atoms with E-state index in [4.69, 9.17) is 4.99 Å². The van der Waals surface area contributed by atoms with E-state index in [0.717, 1.165) is 44.0 Å². The Balaban J connectivity index is 0.00000341. The minimum absolute atomic E-state index is 0. The van der Waals surface area contributed by atoms with Gasteiger partial charge in [-0.05, 0) is 43.2 Å². The van der Waals surface area contributed by atoms with Crippen LogP contribution in [0.2, 0.25) is 0 Å². The lowest BCUT2D eigenvalue weighted by Gasteiger charge is -2.21.